The second kappa shape index (κ2) is 5.98. The van der Waals surface area contributed by atoms with Crippen molar-refractivity contribution in [1.29, 1.82) is 0 Å². The molecule has 6 heteroatoms. The molecule has 0 aromatic carbocycles. The van der Waals surface area contributed by atoms with E-state index in [1.807, 2.05) is 20.8 Å². The molecule has 19 heavy (non-hydrogen) atoms. The molecule has 1 aliphatic heterocycles. The molecule has 1 N–H and O–H groups in total. The van der Waals surface area contributed by atoms with Crippen LogP contribution in [0.25, 0.3) is 0 Å². The van der Waals surface area contributed by atoms with Crippen LogP contribution in [0, 0.1) is 0 Å². The highest BCUT2D eigenvalue weighted by Gasteiger charge is 2.25. The molecule has 0 aliphatic carbocycles. The lowest BCUT2D eigenvalue weighted by Gasteiger charge is -2.35. The fraction of sp³-hybridized carbons (Fsp3) is 0.692. The van der Waals surface area contributed by atoms with Crippen LogP contribution in [0.15, 0.2) is 0 Å². The number of ether oxygens (including phenoxy) is 1. The van der Waals surface area contributed by atoms with Gasteiger partial charge in [0.15, 0.2) is 5.69 Å². The first kappa shape index (κ1) is 14.4. The minimum Gasteiger partial charge on any atom is -0.476 e. The first-order chi connectivity index (χ1) is 8.99. The van der Waals surface area contributed by atoms with Crippen LogP contribution in [-0.4, -0.2) is 46.3 Å². The van der Waals surface area contributed by atoms with Crippen molar-refractivity contribution in [2.45, 2.75) is 45.9 Å². The van der Waals surface area contributed by atoms with Crippen LogP contribution in [0.5, 0.6) is 0 Å². The summed E-state index contributed by atoms with van der Waals surface area (Å²) in [6.07, 6.45) is 1.16. The number of aryl methyl sites for hydroxylation is 1. The van der Waals surface area contributed by atoms with E-state index in [1.165, 1.54) is 11.3 Å². The minimum absolute atomic E-state index is 0.190. The van der Waals surface area contributed by atoms with E-state index in [9.17, 15) is 9.90 Å². The molecule has 0 saturated carbocycles. The number of thiazole rings is 1. The average molecular weight is 284 g/mol. The Morgan fingerprint density at radius 2 is 2.11 bits per heavy atom. The average Bonchev–Trinajstić information content (AvgIpc) is 2.71. The molecule has 0 bridgehead atoms. The predicted octanol–water partition coefficient (Wildman–Crippen LogP) is 2.01. The third-order valence-electron chi connectivity index (χ3n) is 3.11. The molecule has 2 rings (SSSR count). The lowest BCUT2D eigenvalue weighted by molar-refractivity contribution is -0.0702. The van der Waals surface area contributed by atoms with Crippen LogP contribution >= 0.6 is 11.3 Å². The lowest BCUT2D eigenvalue weighted by atomic mass is 10.2. The maximum Gasteiger partial charge on any atom is 0.355 e. The zero-order valence-corrected chi connectivity index (χ0v) is 12.4. The van der Waals surface area contributed by atoms with Crippen molar-refractivity contribution in [2.24, 2.45) is 0 Å². The fourth-order valence-electron chi connectivity index (χ4n) is 2.44. The number of carbonyl (C=O) groups is 1. The van der Waals surface area contributed by atoms with Crippen molar-refractivity contribution in [3.63, 3.8) is 0 Å². The van der Waals surface area contributed by atoms with Crippen molar-refractivity contribution in [2.75, 3.05) is 13.1 Å². The molecule has 2 heterocycles. The summed E-state index contributed by atoms with van der Waals surface area (Å²) in [5.41, 5.74) is 0.216. The van der Waals surface area contributed by atoms with Crippen molar-refractivity contribution >= 4 is 17.3 Å². The molecule has 1 aromatic rings. The number of hydrogen-bond acceptors (Lipinski definition) is 5. The van der Waals surface area contributed by atoms with Gasteiger partial charge in [0.2, 0.25) is 0 Å². The lowest BCUT2D eigenvalue weighted by Crippen LogP contribution is -2.44. The summed E-state index contributed by atoms with van der Waals surface area (Å²) in [4.78, 5) is 18.5. The smallest absolute Gasteiger partial charge is 0.355 e. The molecule has 2 atom stereocenters. The van der Waals surface area contributed by atoms with E-state index < -0.39 is 5.97 Å². The topological polar surface area (TPSA) is 62.7 Å². The largest absolute Gasteiger partial charge is 0.476 e. The highest BCUT2D eigenvalue weighted by atomic mass is 32.1. The molecule has 0 spiro atoms. The Morgan fingerprint density at radius 3 is 2.63 bits per heavy atom. The van der Waals surface area contributed by atoms with Gasteiger partial charge in [-0.1, -0.05) is 6.92 Å². The van der Waals surface area contributed by atoms with Gasteiger partial charge in [0.1, 0.15) is 0 Å². The van der Waals surface area contributed by atoms with Gasteiger partial charge >= 0.3 is 5.97 Å². The highest BCUT2D eigenvalue weighted by molar-refractivity contribution is 7.11. The highest BCUT2D eigenvalue weighted by Crippen LogP contribution is 2.23. The van der Waals surface area contributed by atoms with Crippen LogP contribution < -0.4 is 0 Å². The summed E-state index contributed by atoms with van der Waals surface area (Å²) in [7, 11) is 0. The summed E-state index contributed by atoms with van der Waals surface area (Å²) >= 11 is 1.51. The molecule has 106 valence electrons. The van der Waals surface area contributed by atoms with Crippen LogP contribution in [0.1, 0.15) is 41.1 Å². The van der Waals surface area contributed by atoms with Gasteiger partial charge in [-0.05, 0) is 20.3 Å². The van der Waals surface area contributed by atoms with Crippen LogP contribution in [0.2, 0.25) is 0 Å². The van der Waals surface area contributed by atoms with Gasteiger partial charge in [-0.15, -0.1) is 11.3 Å². The number of carboxylic acid groups (broad SMARTS) is 1. The molecule has 0 amide bonds. The first-order valence-electron chi connectivity index (χ1n) is 6.59. The van der Waals surface area contributed by atoms with Gasteiger partial charge in [-0.2, -0.15) is 0 Å². The van der Waals surface area contributed by atoms with Crippen LogP contribution in [0.4, 0.5) is 0 Å². The van der Waals surface area contributed by atoms with E-state index in [-0.39, 0.29) is 17.9 Å². The second-order valence-corrected chi connectivity index (χ2v) is 6.16. The number of nitrogens with zero attached hydrogens (tertiary/aromatic N) is 2. The molecule has 1 aliphatic rings. The van der Waals surface area contributed by atoms with E-state index in [1.54, 1.807) is 0 Å². The van der Waals surface area contributed by atoms with E-state index in [0.29, 0.717) is 6.54 Å². The predicted molar refractivity (Wildman–Crippen MR) is 73.7 cm³/mol. The quantitative estimate of drug-likeness (QED) is 0.916. The Bertz CT molecular complexity index is 451. The maximum absolute atomic E-state index is 11.2. The third-order valence-corrected chi connectivity index (χ3v) is 4.29. The summed E-state index contributed by atoms with van der Waals surface area (Å²) < 4.78 is 5.69. The normalized spacial score (nSPS) is 24.6. The summed E-state index contributed by atoms with van der Waals surface area (Å²) in [6.45, 7) is 8.41. The Morgan fingerprint density at radius 1 is 1.47 bits per heavy atom. The molecular formula is C13H20N2O3S. The summed E-state index contributed by atoms with van der Waals surface area (Å²) in [5.74, 6) is -0.930. The number of morpholine rings is 1. The van der Waals surface area contributed by atoms with Gasteiger partial charge in [0.05, 0.1) is 22.1 Å². The number of rotatable bonds is 4. The zero-order chi connectivity index (χ0) is 14.0. The van der Waals surface area contributed by atoms with Crippen LogP contribution in [0.3, 0.4) is 0 Å². The maximum atomic E-state index is 11.2. The van der Waals surface area contributed by atoms with Gasteiger partial charge < -0.3 is 9.84 Å². The van der Waals surface area contributed by atoms with Gasteiger partial charge in [-0.3, -0.25) is 4.90 Å². The Balaban J connectivity index is 2.13. The number of carboxylic acids is 1. The number of aromatic carboxylic acids is 1. The molecule has 0 radical (unpaired) electrons. The molecule has 5 nitrogen and oxygen atoms in total. The SMILES string of the molecule is CCc1nc(C(=O)O)c(CN2CC(C)OC(C)C2)s1. The third kappa shape index (κ3) is 3.52. The van der Waals surface area contributed by atoms with Crippen molar-refractivity contribution < 1.29 is 14.6 Å². The van der Waals surface area contributed by atoms with Crippen molar-refractivity contribution in [3.05, 3.63) is 15.6 Å². The summed E-state index contributed by atoms with van der Waals surface area (Å²) in [5, 5.41) is 10.1. The fourth-order valence-corrected chi connectivity index (χ4v) is 3.48. The van der Waals surface area contributed by atoms with Crippen LogP contribution in [-0.2, 0) is 17.7 Å². The van der Waals surface area contributed by atoms with Crippen molar-refractivity contribution in [1.82, 2.24) is 9.88 Å². The summed E-state index contributed by atoms with van der Waals surface area (Å²) in [6, 6.07) is 0. The minimum atomic E-state index is -0.930. The molecule has 2 unspecified atom stereocenters. The number of aromatic nitrogens is 1. The molecule has 1 aromatic heterocycles. The van der Waals surface area contributed by atoms with E-state index in [4.69, 9.17) is 4.74 Å². The Labute approximate surface area is 117 Å². The van der Waals surface area contributed by atoms with Gasteiger partial charge in [0.25, 0.3) is 0 Å². The Hall–Kier alpha value is -0.980. The number of hydrogen-bond donors (Lipinski definition) is 1. The standard InChI is InChI=1S/C13H20N2O3S/c1-4-11-14-12(13(16)17)10(19-11)7-15-5-8(2)18-9(3)6-15/h8-9H,4-7H2,1-3H3,(H,16,17). The Kier molecular flexibility index (Phi) is 4.54. The van der Waals surface area contributed by atoms with E-state index in [0.717, 1.165) is 29.4 Å². The molecular weight excluding hydrogens is 264 g/mol. The van der Waals surface area contributed by atoms with E-state index >= 15 is 0 Å². The van der Waals surface area contributed by atoms with Gasteiger partial charge in [-0.25, -0.2) is 9.78 Å². The zero-order valence-electron chi connectivity index (χ0n) is 11.5. The second-order valence-electron chi connectivity index (χ2n) is 4.99. The monoisotopic (exact) mass is 284 g/mol. The molecule has 1 fully saturated rings. The van der Waals surface area contributed by atoms with E-state index in [2.05, 4.69) is 9.88 Å². The van der Waals surface area contributed by atoms with Gasteiger partial charge in [0, 0.05) is 19.6 Å². The van der Waals surface area contributed by atoms with Crippen molar-refractivity contribution in [3.8, 4) is 0 Å². The molecule has 1 saturated heterocycles. The first-order valence-corrected chi connectivity index (χ1v) is 7.41.